The van der Waals surface area contributed by atoms with Crippen molar-refractivity contribution in [2.75, 3.05) is 6.61 Å². The van der Waals surface area contributed by atoms with Crippen LogP contribution in [0.1, 0.15) is 64.7 Å². The molecule has 2 aliphatic carbocycles. The highest BCUT2D eigenvalue weighted by molar-refractivity contribution is 4.90. The second-order valence-corrected chi connectivity index (χ2v) is 6.94. The van der Waals surface area contributed by atoms with Crippen molar-refractivity contribution in [3.05, 3.63) is 0 Å². The van der Waals surface area contributed by atoms with Crippen LogP contribution in [0.5, 0.6) is 0 Å². The average Bonchev–Trinajstić information content (AvgIpc) is 2.46. The van der Waals surface area contributed by atoms with Crippen LogP contribution in [0.25, 0.3) is 0 Å². The van der Waals surface area contributed by atoms with Crippen LogP contribution >= 0.6 is 0 Å². The topological polar surface area (TPSA) is 44.0 Å². The molecule has 2 rings (SSSR count). The minimum Gasteiger partial charge on any atom is -0.396 e. The van der Waals surface area contributed by atoms with Gasteiger partial charge >= 0.3 is 0 Å². The summed E-state index contributed by atoms with van der Waals surface area (Å²) in [6.45, 7) is 2.71. The van der Waals surface area contributed by atoms with Crippen molar-refractivity contribution in [2.45, 2.75) is 64.7 Å². The van der Waals surface area contributed by atoms with Gasteiger partial charge in [0.1, 0.15) is 0 Å². The Kier molecular flexibility index (Phi) is 5.70. The van der Waals surface area contributed by atoms with Gasteiger partial charge in [0.25, 0.3) is 0 Å². The minimum atomic E-state index is 0.303. The van der Waals surface area contributed by atoms with Crippen molar-refractivity contribution in [1.29, 1.82) is 5.26 Å². The van der Waals surface area contributed by atoms with Crippen molar-refractivity contribution >= 4 is 0 Å². The van der Waals surface area contributed by atoms with Gasteiger partial charge in [0.05, 0.1) is 6.07 Å². The second kappa shape index (κ2) is 7.29. The van der Waals surface area contributed by atoms with Crippen LogP contribution in [0.3, 0.4) is 0 Å². The lowest BCUT2D eigenvalue weighted by Crippen LogP contribution is -2.30. The first-order chi connectivity index (χ1) is 9.24. The first-order valence-corrected chi connectivity index (χ1v) is 8.25. The quantitative estimate of drug-likeness (QED) is 0.828. The van der Waals surface area contributed by atoms with Gasteiger partial charge in [0.15, 0.2) is 0 Å². The Morgan fingerprint density at radius 3 is 2.00 bits per heavy atom. The number of aliphatic hydroxyl groups excluding tert-OH is 1. The molecule has 1 atom stereocenters. The van der Waals surface area contributed by atoms with Crippen LogP contribution in [-0.2, 0) is 0 Å². The summed E-state index contributed by atoms with van der Waals surface area (Å²) < 4.78 is 0. The van der Waals surface area contributed by atoms with E-state index in [-0.39, 0.29) is 0 Å². The molecule has 0 saturated heterocycles. The molecule has 1 unspecified atom stereocenters. The van der Waals surface area contributed by atoms with Gasteiger partial charge in [-0.1, -0.05) is 19.8 Å². The van der Waals surface area contributed by atoms with Crippen molar-refractivity contribution < 1.29 is 5.11 Å². The molecule has 0 spiro atoms. The number of aliphatic hydroxyl groups is 1. The zero-order valence-corrected chi connectivity index (χ0v) is 12.4. The maximum atomic E-state index is 9.40. The summed E-state index contributed by atoms with van der Waals surface area (Å²) in [6.07, 6.45) is 11.1. The lowest BCUT2D eigenvalue weighted by molar-refractivity contribution is 0.0957. The van der Waals surface area contributed by atoms with E-state index in [0.29, 0.717) is 12.5 Å². The fraction of sp³-hybridized carbons (Fsp3) is 0.941. The molecule has 0 aromatic rings. The van der Waals surface area contributed by atoms with Crippen molar-refractivity contribution in [1.82, 2.24) is 0 Å². The Morgan fingerprint density at radius 1 is 1.00 bits per heavy atom. The van der Waals surface area contributed by atoms with Crippen molar-refractivity contribution in [2.24, 2.45) is 29.6 Å². The minimum absolute atomic E-state index is 0.303. The number of nitriles is 1. The molecule has 108 valence electrons. The van der Waals surface area contributed by atoms with Crippen LogP contribution in [0.15, 0.2) is 0 Å². The summed E-state index contributed by atoms with van der Waals surface area (Å²) in [5.41, 5.74) is 0. The number of nitrogens with zero attached hydrogens (tertiary/aromatic N) is 1. The van der Waals surface area contributed by atoms with E-state index in [9.17, 15) is 5.11 Å². The van der Waals surface area contributed by atoms with E-state index in [0.717, 1.165) is 42.9 Å². The molecule has 0 aromatic heterocycles. The lowest BCUT2D eigenvalue weighted by atomic mass is 9.66. The van der Waals surface area contributed by atoms with Gasteiger partial charge < -0.3 is 5.11 Å². The van der Waals surface area contributed by atoms with E-state index < -0.39 is 0 Å². The van der Waals surface area contributed by atoms with Gasteiger partial charge in [-0.3, -0.25) is 0 Å². The Balaban J connectivity index is 1.90. The zero-order chi connectivity index (χ0) is 13.7. The van der Waals surface area contributed by atoms with Crippen molar-refractivity contribution in [3.63, 3.8) is 0 Å². The SMILES string of the molecule is CC1CCC(C(CCO)C2CCC(C#N)CC2)CC1. The fourth-order valence-corrected chi connectivity index (χ4v) is 4.40. The largest absolute Gasteiger partial charge is 0.396 e. The smallest absolute Gasteiger partial charge is 0.0655 e. The molecule has 0 heterocycles. The standard InChI is InChI=1S/C17H29NO/c1-13-2-6-15(7-3-13)17(10-11-19)16-8-4-14(12-18)5-9-16/h13-17,19H,2-11H2,1H3. The predicted molar refractivity (Wildman–Crippen MR) is 77.4 cm³/mol. The summed E-state index contributed by atoms with van der Waals surface area (Å²) in [5, 5.41) is 18.4. The van der Waals surface area contributed by atoms with E-state index in [1.165, 1.54) is 38.5 Å². The third-order valence-electron chi connectivity index (χ3n) is 5.69. The Morgan fingerprint density at radius 2 is 1.53 bits per heavy atom. The Labute approximate surface area is 118 Å². The maximum Gasteiger partial charge on any atom is 0.0655 e. The molecule has 2 heteroatoms. The van der Waals surface area contributed by atoms with E-state index in [1.54, 1.807) is 0 Å². The summed E-state index contributed by atoms with van der Waals surface area (Å²) in [4.78, 5) is 0. The first-order valence-electron chi connectivity index (χ1n) is 8.25. The molecular weight excluding hydrogens is 234 g/mol. The van der Waals surface area contributed by atoms with Gasteiger partial charge in [-0.05, 0) is 68.6 Å². The normalized spacial score (nSPS) is 37.5. The molecule has 2 saturated carbocycles. The lowest BCUT2D eigenvalue weighted by Gasteiger charge is -2.39. The van der Waals surface area contributed by atoms with Gasteiger partial charge in [0, 0.05) is 12.5 Å². The average molecular weight is 263 g/mol. The number of rotatable bonds is 4. The third-order valence-corrected chi connectivity index (χ3v) is 5.69. The number of hydrogen-bond donors (Lipinski definition) is 1. The fourth-order valence-electron chi connectivity index (χ4n) is 4.40. The molecule has 2 aliphatic rings. The summed E-state index contributed by atoms with van der Waals surface area (Å²) in [7, 11) is 0. The van der Waals surface area contributed by atoms with Crippen LogP contribution in [0, 0.1) is 40.9 Å². The summed E-state index contributed by atoms with van der Waals surface area (Å²) in [6, 6.07) is 2.43. The van der Waals surface area contributed by atoms with Gasteiger partial charge in [0.2, 0.25) is 0 Å². The van der Waals surface area contributed by atoms with Crippen LogP contribution in [0.2, 0.25) is 0 Å². The van der Waals surface area contributed by atoms with Crippen LogP contribution < -0.4 is 0 Å². The van der Waals surface area contributed by atoms with Gasteiger partial charge in [-0.25, -0.2) is 0 Å². The van der Waals surface area contributed by atoms with Crippen LogP contribution in [-0.4, -0.2) is 11.7 Å². The van der Waals surface area contributed by atoms with Gasteiger partial charge in [-0.15, -0.1) is 0 Å². The van der Waals surface area contributed by atoms with Gasteiger partial charge in [-0.2, -0.15) is 5.26 Å². The molecular formula is C17H29NO. The van der Waals surface area contributed by atoms with E-state index >= 15 is 0 Å². The molecule has 0 radical (unpaired) electrons. The zero-order valence-electron chi connectivity index (χ0n) is 12.4. The molecule has 0 aliphatic heterocycles. The van der Waals surface area contributed by atoms with E-state index in [2.05, 4.69) is 13.0 Å². The van der Waals surface area contributed by atoms with E-state index in [4.69, 9.17) is 5.26 Å². The summed E-state index contributed by atoms with van der Waals surface area (Å²) in [5.74, 6) is 3.54. The summed E-state index contributed by atoms with van der Waals surface area (Å²) >= 11 is 0. The van der Waals surface area contributed by atoms with Crippen LogP contribution in [0.4, 0.5) is 0 Å². The molecule has 0 amide bonds. The first kappa shape index (κ1) is 14.9. The predicted octanol–water partition coefficient (Wildman–Crippen LogP) is 4.14. The molecule has 19 heavy (non-hydrogen) atoms. The highest BCUT2D eigenvalue weighted by Gasteiger charge is 2.33. The van der Waals surface area contributed by atoms with Crippen molar-refractivity contribution in [3.8, 4) is 6.07 Å². The molecule has 0 aromatic carbocycles. The number of hydrogen-bond acceptors (Lipinski definition) is 2. The van der Waals surface area contributed by atoms with E-state index in [1.807, 2.05) is 0 Å². The third kappa shape index (κ3) is 3.96. The Bertz CT molecular complexity index is 293. The molecule has 2 nitrogen and oxygen atoms in total. The molecule has 1 N–H and O–H groups in total. The highest BCUT2D eigenvalue weighted by atomic mass is 16.3. The second-order valence-electron chi connectivity index (χ2n) is 6.94. The highest BCUT2D eigenvalue weighted by Crippen LogP contribution is 2.43. The Hall–Kier alpha value is -0.550. The maximum absolute atomic E-state index is 9.40. The molecule has 0 bridgehead atoms. The molecule has 2 fully saturated rings. The monoisotopic (exact) mass is 263 g/mol.